The summed E-state index contributed by atoms with van der Waals surface area (Å²) < 4.78 is 16.5. The normalized spacial score (nSPS) is 10.6. The van der Waals surface area contributed by atoms with Gasteiger partial charge in [0.05, 0.1) is 26.9 Å². The van der Waals surface area contributed by atoms with Gasteiger partial charge in [-0.2, -0.15) is 0 Å². The Morgan fingerprint density at radius 1 is 0.739 bits per heavy atom. The molecule has 0 saturated heterocycles. The molecule has 3 aromatic rings. The van der Waals surface area contributed by atoms with Crippen molar-refractivity contribution in [3.63, 3.8) is 0 Å². The highest BCUT2D eigenvalue weighted by Crippen LogP contribution is 2.46. The third-order valence-electron chi connectivity index (χ3n) is 3.93. The first-order valence-electron chi connectivity index (χ1n) is 7.27. The van der Waals surface area contributed by atoms with E-state index in [2.05, 4.69) is 6.07 Å². The zero-order valence-corrected chi connectivity index (χ0v) is 13.4. The Kier molecular flexibility index (Phi) is 3.98. The van der Waals surface area contributed by atoms with Crippen molar-refractivity contribution in [3.05, 3.63) is 48.5 Å². The number of nitrogens with two attached hydrogens (primary N) is 1. The predicted octanol–water partition coefficient (Wildman–Crippen LogP) is 4.11. The molecule has 0 heterocycles. The Morgan fingerprint density at radius 2 is 1.39 bits per heavy atom. The Bertz CT molecular complexity index is 833. The van der Waals surface area contributed by atoms with Crippen LogP contribution in [-0.2, 0) is 0 Å². The lowest BCUT2D eigenvalue weighted by atomic mass is 9.95. The van der Waals surface area contributed by atoms with Crippen LogP contribution in [0.3, 0.4) is 0 Å². The van der Waals surface area contributed by atoms with E-state index in [0.29, 0.717) is 22.9 Å². The van der Waals surface area contributed by atoms with Gasteiger partial charge in [0.2, 0.25) is 0 Å². The van der Waals surface area contributed by atoms with Crippen molar-refractivity contribution in [2.75, 3.05) is 27.1 Å². The molecule has 118 valence electrons. The number of hydrogen-bond donors (Lipinski definition) is 1. The highest BCUT2D eigenvalue weighted by molar-refractivity contribution is 6.05. The third kappa shape index (κ3) is 2.52. The molecule has 0 atom stereocenters. The van der Waals surface area contributed by atoms with Gasteiger partial charge in [-0.15, -0.1) is 0 Å². The number of nitrogen functional groups attached to an aromatic ring is 1. The van der Waals surface area contributed by atoms with E-state index in [1.807, 2.05) is 42.5 Å². The fourth-order valence-corrected chi connectivity index (χ4v) is 2.82. The first kappa shape index (κ1) is 15.0. The summed E-state index contributed by atoms with van der Waals surface area (Å²) in [6.07, 6.45) is 0. The summed E-state index contributed by atoms with van der Waals surface area (Å²) in [5.41, 5.74) is 8.69. The maximum Gasteiger partial charge on any atom is 0.134 e. The molecular formula is C19H19NO3. The van der Waals surface area contributed by atoms with Crippen molar-refractivity contribution in [1.82, 2.24) is 0 Å². The second-order valence-corrected chi connectivity index (χ2v) is 5.16. The average Bonchev–Trinajstić information content (AvgIpc) is 2.60. The topological polar surface area (TPSA) is 53.7 Å². The largest absolute Gasteiger partial charge is 0.496 e. The molecule has 0 unspecified atom stereocenters. The Morgan fingerprint density at radius 3 is 2.00 bits per heavy atom. The van der Waals surface area contributed by atoms with E-state index in [9.17, 15) is 0 Å². The van der Waals surface area contributed by atoms with Crippen molar-refractivity contribution in [3.8, 4) is 28.4 Å². The monoisotopic (exact) mass is 309 g/mol. The van der Waals surface area contributed by atoms with Crippen molar-refractivity contribution >= 4 is 16.5 Å². The third-order valence-corrected chi connectivity index (χ3v) is 3.93. The summed E-state index contributed by atoms with van der Waals surface area (Å²) in [4.78, 5) is 0. The first-order valence-corrected chi connectivity index (χ1v) is 7.27. The van der Waals surface area contributed by atoms with Crippen molar-refractivity contribution in [2.24, 2.45) is 0 Å². The number of hydrogen-bond acceptors (Lipinski definition) is 4. The molecule has 0 radical (unpaired) electrons. The molecule has 3 rings (SSSR count). The molecule has 0 aromatic heterocycles. The Hall–Kier alpha value is -2.88. The number of anilines is 1. The minimum absolute atomic E-state index is 0.657. The first-order chi connectivity index (χ1) is 11.2. The lowest BCUT2D eigenvalue weighted by Gasteiger charge is -2.18. The summed E-state index contributed by atoms with van der Waals surface area (Å²) in [6.45, 7) is 0. The van der Waals surface area contributed by atoms with Gasteiger partial charge in [0.1, 0.15) is 17.2 Å². The van der Waals surface area contributed by atoms with Gasteiger partial charge in [-0.3, -0.25) is 0 Å². The van der Waals surface area contributed by atoms with Crippen molar-refractivity contribution in [1.29, 1.82) is 0 Å². The molecule has 0 bridgehead atoms. The number of methoxy groups -OCH3 is 3. The van der Waals surface area contributed by atoms with Gasteiger partial charge in [-0.1, -0.05) is 30.3 Å². The highest BCUT2D eigenvalue weighted by Gasteiger charge is 2.19. The van der Waals surface area contributed by atoms with Crippen LogP contribution in [0.5, 0.6) is 17.2 Å². The van der Waals surface area contributed by atoms with Crippen LogP contribution in [0.1, 0.15) is 0 Å². The lowest BCUT2D eigenvalue weighted by Crippen LogP contribution is -1.98. The van der Waals surface area contributed by atoms with Gasteiger partial charge in [-0.05, 0) is 16.8 Å². The molecule has 0 fully saturated rings. The molecule has 4 heteroatoms. The van der Waals surface area contributed by atoms with Gasteiger partial charge >= 0.3 is 0 Å². The number of fused-ring (bicyclic) bond motifs is 1. The van der Waals surface area contributed by atoms with Crippen LogP contribution < -0.4 is 19.9 Å². The predicted molar refractivity (Wildman–Crippen MR) is 93.5 cm³/mol. The van der Waals surface area contributed by atoms with Crippen LogP contribution in [0.4, 0.5) is 5.69 Å². The van der Waals surface area contributed by atoms with Crippen LogP contribution in [0.15, 0.2) is 48.5 Å². The Labute approximate surface area is 135 Å². The quantitative estimate of drug-likeness (QED) is 0.737. The van der Waals surface area contributed by atoms with Gasteiger partial charge in [0.25, 0.3) is 0 Å². The minimum atomic E-state index is 0.657. The number of benzene rings is 3. The van der Waals surface area contributed by atoms with Crippen LogP contribution in [0.2, 0.25) is 0 Å². The zero-order valence-electron chi connectivity index (χ0n) is 13.4. The van der Waals surface area contributed by atoms with Crippen molar-refractivity contribution in [2.45, 2.75) is 0 Å². The molecule has 2 N–H and O–H groups in total. The van der Waals surface area contributed by atoms with E-state index in [1.54, 1.807) is 21.3 Å². The summed E-state index contributed by atoms with van der Waals surface area (Å²) in [5, 5.41) is 2.16. The summed E-state index contributed by atoms with van der Waals surface area (Å²) >= 11 is 0. The van der Waals surface area contributed by atoms with Gasteiger partial charge < -0.3 is 19.9 Å². The second kappa shape index (κ2) is 6.08. The smallest absolute Gasteiger partial charge is 0.134 e. The summed E-state index contributed by atoms with van der Waals surface area (Å²) in [6, 6.07) is 15.7. The van der Waals surface area contributed by atoms with Crippen molar-refractivity contribution < 1.29 is 14.2 Å². The average molecular weight is 309 g/mol. The molecule has 0 aliphatic rings. The lowest BCUT2D eigenvalue weighted by molar-refractivity contribution is 0.377. The van der Waals surface area contributed by atoms with E-state index in [1.165, 1.54) is 0 Å². The number of ether oxygens (including phenoxy) is 3. The molecule has 0 amide bonds. The zero-order chi connectivity index (χ0) is 16.4. The van der Waals surface area contributed by atoms with Crippen LogP contribution in [-0.4, -0.2) is 21.3 Å². The highest BCUT2D eigenvalue weighted by atomic mass is 16.5. The maximum absolute atomic E-state index is 6.29. The molecule has 0 saturated carbocycles. The SMILES string of the molecule is COc1cc(OC)c(-c2c(N)ccc3ccccc23)c(OC)c1. The van der Waals surface area contributed by atoms with E-state index in [-0.39, 0.29) is 0 Å². The molecule has 0 aliphatic heterocycles. The van der Waals surface area contributed by atoms with Gasteiger partial charge in [0.15, 0.2) is 0 Å². The fourth-order valence-electron chi connectivity index (χ4n) is 2.82. The summed E-state index contributed by atoms with van der Waals surface area (Å²) in [5.74, 6) is 1.98. The second-order valence-electron chi connectivity index (χ2n) is 5.16. The molecule has 3 aromatic carbocycles. The molecule has 23 heavy (non-hydrogen) atoms. The Balaban J connectivity index is 2.41. The van der Waals surface area contributed by atoms with Gasteiger partial charge in [-0.25, -0.2) is 0 Å². The minimum Gasteiger partial charge on any atom is -0.496 e. The number of rotatable bonds is 4. The maximum atomic E-state index is 6.29. The van der Waals surface area contributed by atoms with E-state index in [4.69, 9.17) is 19.9 Å². The molecular weight excluding hydrogens is 290 g/mol. The summed E-state index contributed by atoms with van der Waals surface area (Å²) in [7, 11) is 4.86. The van der Waals surface area contributed by atoms with Crippen LogP contribution in [0, 0.1) is 0 Å². The van der Waals surface area contributed by atoms with E-state index in [0.717, 1.165) is 21.9 Å². The standard InChI is InChI=1S/C19H19NO3/c1-21-13-10-16(22-2)19(17(11-13)23-3)18-14-7-5-4-6-12(14)8-9-15(18)20/h4-11H,20H2,1-3H3. The fraction of sp³-hybridized carbons (Fsp3) is 0.158. The molecule has 0 aliphatic carbocycles. The van der Waals surface area contributed by atoms with Gasteiger partial charge in [0, 0.05) is 23.4 Å². The van der Waals surface area contributed by atoms with E-state index < -0.39 is 0 Å². The molecule has 4 nitrogen and oxygen atoms in total. The van der Waals surface area contributed by atoms with Crippen LogP contribution in [0.25, 0.3) is 21.9 Å². The molecule has 0 spiro atoms. The van der Waals surface area contributed by atoms with Crippen LogP contribution >= 0.6 is 0 Å². The van der Waals surface area contributed by atoms with E-state index >= 15 is 0 Å².